The first-order chi connectivity index (χ1) is 9.24. The van der Waals surface area contributed by atoms with Gasteiger partial charge in [-0.05, 0) is 18.1 Å². The maximum atomic E-state index is 5.91. The van der Waals surface area contributed by atoms with Crippen LogP contribution in [0.3, 0.4) is 0 Å². The number of fused-ring (bicyclic) bond motifs is 1. The van der Waals surface area contributed by atoms with Crippen molar-refractivity contribution in [1.82, 2.24) is 19.9 Å². The van der Waals surface area contributed by atoms with Crippen molar-refractivity contribution >= 4 is 22.7 Å². The van der Waals surface area contributed by atoms with E-state index in [0.29, 0.717) is 17.0 Å². The Morgan fingerprint density at radius 2 is 1.89 bits per heavy atom. The molecule has 6 heteroatoms. The van der Waals surface area contributed by atoms with Crippen molar-refractivity contribution in [2.75, 3.05) is 11.5 Å². The molecule has 2 heterocycles. The molecule has 0 saturated carbocycles. The number of benzene rings is 1. The fraction of sp³-hybridized carbons (Fsp3) is 0.154. The number of hydrogen-bond acceptors (Lipinski definition) is 5. The number of nitrogen functional groups attached to an aromatic ring is 2. The zero-order chi connectivity index (χ0) is 13.2. The lowest BCUT2D eigenvalue weighted by Gasteiger charge is -2.03. The molecule has 3 aromatic rings. The third-order valence-electron chi connectivity index (χ3n) is 3.05. The Hall–Kier alpha value is -2.63. The molecule has 0 aliphatic rings. The first-order valence-corrected chi connectivity index (χ1v) is 6.02. The molecular weight excluding hydrogens is 240 g/mol. The van der Waals surface area contributed by atoms with E-state index in [4.69, 9.17) is 11.5 Å². The molecule has 0 aliphatic heterocycles. The fourth-order valence-corrected chi connectivity index (χ4v) is 2.03. The molecule has 0 spiro atoms. The van der Waals surface area contributed by atoms with E-state index in [0.717, 1.165) is 29.9 Å². The van der Waals surface area contributed by atoms with Gasteiger partial charge >= 0.3 is 0 Å². The molecule has 0 fully saturated rings. The molecule has 0 atom stereocenters. The van der Waals surface area contributed by atoms with Crippen LogP contribution >= 0.6 is 0 Å². The minimum atomic E-state index is 0.419. The smallest absolute Gasteiger partial charge is 0.183 e. The Kier molecular flexibility index (Phi) is 2.75. The van der Waals surface area contributed by atoms with Crippen molar-refractivity contribution in [2.45, 2.75) is 12.8 Å². The monoisotopic (exact) mass is 254 g/mol. The molecule has 19 heavy (non-hydrogen) atoms. The Morgan fingerprint density at radius 1 is 1.05 bits per heavy atom. The average Bonchev–Trinajstić information content (AvgIpc) is 2.82. The summed E-state index contributed by atoms with van der Waals surface area (Å²) in [5, 5.41) is 0. The zero-order valence-corrected chi connectivity index (χ0v) is 10.3. The number of nitrogens with zero attached hydrogens (tertiary/aromatic N) is 3. The number of nitrogens with two attached hydrogens (primary N) is 2. The number of anilines is 2. The maximum absolute atomic E-state index is 5.91. The Morgan fingerprint density at radius 3 is 2.68 bits per heavy atom. The van der Waals surface area contributed by atoms with Crippen molar-refractivity contribution in [3.8, 4) is 0 Å². The van der Waals surface area contributed by atoms with Crippen LogP contribution < -0.4 is 11.5 Å². The van der Waals surface area contributed by atoms with Gasteiger partial charge < -0.3 is 16.5 Å². The summed E-state index contributed by atoms with van der Waals surface area (Å²) in [5.41, 5.74) is 14.9. The van der Waals surface area contributed by atoms with Crippen LogP contribution in [-0.2, 0) is 12.8 Å². The van der Waals surface area contributed by atoms with Gasteiger partial charge in [-0.2, -0.15) is 0 Å². The molecular formula is C13H14N6. The van der Waals surface area contributed by atoms with Crippen LogP contribution in [0.5, 0.6) is 0 Å². The molecule has 0 unspecified atom stereocenters. The lowest BCUT2D eigenvalue weighted by atomic mass is 10.1. The molecule has 2 aromatic heterocycles. The largest absolute Gasteiger partial charge is 0.399 e. The number of para-hydroxylation sites is 1. The SMILES string of the molecule is Nc1ccccc1CCc1nc2ncnc(N)c2[nH]1. The Balaban J connectivity index is 1.83. The number of H-pyrrole nitrogens is 1. The average molecular weight is 254 g/mol. The predicted octanol–water partition coefficient (Wildman–Crippen LogP) is 1.30. The van der Waals surface area contributed by atoms with Gasteiger partial charge in [0, 0.05) is 12.1 Å². The van der Waals surface area contributed by atoms with E-state index in [1.807, 2.05) is 24.3 Å². The van der Waals surface area contributed by atoms with Crippen LogP contribution in [0.15, 0.2) is 30.6 Å². The third-order valence-corrected chi connectivity index (χ3v) is 3.05. The van der Waals surface area contributed by atoms with E-state index in [-0.39, 0.29) is 0 Å². The quantitative estimate of drug-likeness (QED) is 0.611. The highest BCUT2D eigenvalue weighted by molar-refractivity contribution is 5.80. The lowest BCUT2D eigenvalue weighted by Crippen LogP contribution is -1.98. The molecule has 5 N–H and O–H groups in total. The molecule has 0 aliphatic carbocycles. The summed E-state index contributed by atoms with van der Waals surface area (Å²) in [6, 6.07) is 7.83. The van der Waals surface area contributed by atoms with E-state index in [2.05, 4.69) is 19.9 Å². The van der Waals surface area contributed by atoms with E-state index in [1.54, 1.807) is 0 Å². The standard InChI is InChI=1S/C13H14N6/c14-9-4-2-1-3-8(9)5-6-10-18-11-12(15)16-7-17-13(11)19-10/h1-4,7H,5-6,14H2,(H3,15,16,17,18,19). The summed E-state index contributed by atoms with van der Waals surface area (Å²) in [7, 11) is 0. The van der Waals surface area contributed by atoms with E-state index in [9.17, 15) is 0 Å². The summed E-state index contributed by atoms with van der Waals surface area (Å²) >= 11 is 0. The van der Waals surface area contributed by atoms with Gasteiger partial charge in [-0.25, -0.2) is 15.0 Å². The van der Waals surface area contributed by atoms with Crippen LogP contribution in [-0.4, -0.2) is 19.9 Å². The van der Waals surface area contributed by atoms with Crippen LogP contribution in [0.2, 0.25) is 0 Å². The Bertz CT molecular complexity index is 718. The highest BCUT2D eigenvalue weighted by atomic mass is 15.0. The number of aryl methyl sites for hydroxylation is 2. The van der Waals surface area contributed by atoms with Crippen molar-refractivity contribution < 1.29 is 0 Å². The fourth-order valence-electron chi connectivity index (χ4n) is 2.03. The summed E-state index contributed by atoms with van der Waals surface area (Å²) in [4.78, 5) is 15.5. The molecule has 3 rings (SSSR count). The highest BCUT2D eigenvalue weighted by Crippen LogP contribution is 2.16. The minimum Gasteiger partial charge on any atom is -0.399 e. The van der Waals surface area contributed by atoms with E-state index < -0.39 is 0 Å². The first-order valence-electron chi connectivity index (χ1n) is 6.02. The van der Waals surface area contributed by atoms with Crippen LogP contribution in [0.25, 0.3) is 11.2 Å². The first kappa shape index (κ1) is 11.5. The van der Waals surface area contributed by atoms with Gasteiger partial charge in [0.05, 0.1) is 0 Å². The number of aromatic nitrogens is 4. The minimum absolute atomic E-state index is 0.419. The van der Waals surface area contributed by atoms with Gasteiger partial charge in [-0.15, -0.1) is 0 Å². The number of rotatable bonds is 3. The summed E-state index contributed by atoms with van der Waals surface area (Å²) in [5.74, 6) is 1.26. The third kappa shape index (κ3) is 2.20. The molecule has 96 valence electrons. The Labute approximate surface area is 109 Å². The van der Waals surface area contributed by atoms with Gasteiger partial charge in [0.1, 0.15) is 17.7 Å². The summed E-state index contributed by atoms with van der Waals surface area (Å²) in [6.07, 6.45) is 2.99. The van der Waals surface area contributed by atoms with Gasteiger partial charge in [0.25, 0.3) is 0 Å². The topological polar surface area (TPSA) is 106 Å². The number of nitrogens with one attached hydrogen (secondary N) is 1. The van der Waals surface area contributed by atoms with Crippen molar-refractivity contribution in [3.63, 3.8) is 0 Å². The lowest BCUT2D eigenvalue weighted by molar-refractivity contribution is 0.891. The summed E-state index contributed by atoms with van der Waals surface area (Å²) < 4.78 is 0. The molecule has 0 amide bonds. The van der Waals surface area contributed by atoms with E-state index >= 15 is 0 Å². The van der Waals surface area contributed by atoms with Crippen LogP contribution in [0.1, 0.15) is 11.4 Å². The second-order valence-corrected chi connectivity index (χ2v) is 4.34. The predicted molar refractivity (Wildman–Crippen MR) is 74.4 cm³/mol. The highest BCUT2D eigenvalue weighted by Gasteiger charge is 2.08. The molecule has 1 aromatic carbocycles. The summed E-state index contributed by atoms with van der Waals surface area (Å²) in [6.45, 7) is 0. The van der Waals surface area contributed by atoms with Crippen LogP contribution in [0.4, 0.5) is 11.5 Å². The maximum Gasteiger partial charge on any atom is 0.183 e. The van der Waals surface area contributed by atoms with Crippen LogP contribution in [0, 0.1) is 0 Å². The molecule has 6 nitrogen and oxygen atoms in total. The van der Waals surface area contributed by atoms with Crippen molar-refractivity contribution in [3.05, 3.63) is 42.0 Å². The number of hydrogen-bond donors (Lipinski definition) is 3. The van der Waals surface area contributed by atoms with Gasteiger partial charge in [0.15, 0.2) is 11.5 Å². The van der Waals surface area contributed by atoms with E-state index in [1.165, 1.54) is 6.33 Å². The van der Waals surface area contributed by atoms with Crippen molar-refractivity contribution in [1.29, 1.82) is 0 Å². The van der Waals surface area contributed by atoms with Gasteiger partial charge in [0.2, 0.25) is 0 Å². The van der Waals surface area contributed by atoms with Gasteiger partial charge in [-0.3, -0.25) is 0 Å². The normalized spacial score (nSPS) is 10.9. The van der Waals surface area contributed by atoms with Gasteiger partial charge in [-0.1, -0.05) is 18.2 Å². The second-order valence-electron chi connectivity index (χ2n) is 4.34. The molecule has 0 radical (unpaired) electrons. The molecule has 0 bridgehead atoms. The zero-order valence-electron chi connectivity index (χ0n) is 10.3. The van der Waals surface area contributed by atoms with Crippen molar-refractivity contribution in [2.24, 2.45) is 0 Å². The number of aromatic amines is 1. The second kappa shape index (κ2) is 4.56. The molecule has 0 saturated heterocycles. The number of imidazole rings is 1.